The summed E-state index contributed by atoms with van der Waals surface area (Å²) < 4.78 is 0. The number of hydrogen-bond acceptors (Lipinski definition) is 3. The molecule has 2 amide bonds. The van der Waals surface area contributed by atoms with Gasteiger partial charge < -0.3 is 16.8 Å². The van der Waals surface area contributed by atoms with E-state index in [1.165, 1.54) is 0 Å². The highest BCUT2D eigenvalue weighted by Crippen LogP contribution is 2.05. The van der Waals surface area contributed by atoms with Crippen LogP contribution in [-0.2, 0) is 0 Å². The molecule has 2 aromatic carbocycles. The Hall–Kier alpha value is -2.82. The number of carbonyl (C=O) groups is 2. The molecule has 0 saturated carbocycles. The van der Waals surface area contributed by atoms with Gasteiger partial charge in [0.25, 0.3) is 5.91 Å². The predicted molar refractivity (Wildman–Crippen MR) is 83.9 cm³/mol. The first-order chi connectivity index (χ1) is 9.95. The Balaban J connectivity index is 0.000000211. The summed E-state index contributed by atoms with van der Waals surface area (Å²) >= 11 is 0. The van der Waals surface area contributed by atoms with E-state index < -0.39 is 0 Å². The Morgan fingerprint density at radius 1 is 1.05 bits per heavy atom. The molecule has 0 bridgehead atoms. The quantitative estimate of drug-likeness (QED) is 0.733. The zero-order valence-corrected chi connectivity index (χ0v) is 12.1. The fourth-order valence-corrected chi connectivity index (χ4v) is 1.67. The van der Waals surface area contributed by atoms with Crippen molar-refractivity contribution >= 4 is 17.5 Å². The summed E-state index contributed by atoms with van der Waals surface area (Å²) in [7, 11) is 1.59. The third-order valence-corrected chi connectivity index (χ3v) is 2.79. The van der Waals surface area contributed by atoms with Crippen LogP contribution in [0.3, 0.4) is 0 Å². The van der Waals surface area contributed by atoms with Crippen LogP contribution in [0.15, 0.2) is 48.5 Å². The van der Waals surface area contributed by atoms with Crippen molar-refractivity contribution in [3.63, 3.8) is 0 Å². The first kappa shape index (κ1) is 16.2. The molecule has 21 heavy (non-hydrogen) atoms. The second kappa shape index (κ2) is 7.69. The van der Waals surface area contributed by atoms with Crippen molar-refractivity contribution in [1.82, 2.24) is 5.32 Å². The lowest BCUT2D eigenvalue weighted by Gasteiger charge is -1.99. The van der Waals surface area contributed by atoms with E-state index in [9.17, 15) is 9.59 Å². The van der Waals surface area contributed by atoms with Gasteiger partial charge in [0.2, 0.25) is 5.91 Å². The number of nitrogens with two attached hydrogens (primary N) is 2. The summed E-state index contributed by atoms with van der Waals surface area (Å²) in [4.78, 5) is 21.6. The SMILES string of the molecule is CNC(=O)c1cccc(N)c1.Cc1ccccc1C(N)=O. The molecule has 0 spiro atoms. The number of nitrogens with one attached hydrogen (secondary N) is 1. The lowest BCUT2D eigenvalue weighted by atomic mass is 10.1. The Morgan fingerprint density at radius 3 is 2.19 bits per heavy atom. The Morgan fingerprint density at radius 2 is 1.71 bits per heavy atom. The predicted octanol–water partition coefficient (Wildman–Crippen LogP) is 1.72. The van der Waals surface area contributed by atoms with E-state index >= 15 is 0 Å². The first-order valence-corrected chi connectivity index (χ1v) is 6.38. The minimum Gasteiger partial charge on any atom is -0.399 e. The van der Waals surface area contributed by atoms with Crippen molar-refractivity contribution < 1.29 is 9.59 Å². The van der Waals surface area contributed by atoms with Crippen LogP contribution in [0.5, 0.6) is 0 Å². The molecule has 110 valence electrons. The topological polar surface area (TPSA) is 98.2 Å². The van der Waals surface area contributed by atoms with E-state index in [2.05, 4.69) is 5.32 Å². The first-order valence-electron chi connectivity index (χ1n) is 6.38. The Kier molecular flexibility index (Phi) is 5.95. The van der Waals surface area contributed by atoms with Crippen molar-refractivity contribution in [3.05, 3.63) is 65.2 Å². The average Bonchev–Trinajstić information content (AvgIpc) is 2.47. The highest BCUT2D eigenvalue weighted by atomic mass is 16.1. The molecule has 0 aliphatic rings. The molecular weight excluding hydrogens is 266 g/mol. The van der Waals surface area contributed by atoms with Gasteiger partial charge in [0, 0.05) is 23.9 Å². The van der Waals surface area contributed by atoms with Crippen LogP contribution in [0.25, 0.3) is 0 Å². The zero-order chi connectivity index (χ0) is 15.8. The minimum atomic E-state index is -0.363. The van der Waals surface area contributed by atoms with Crippen LogP contribution in [0, 0.1) is 6.92 Å². The summed E-state index contributed by atoms with van der Waals surface area (Å²) in [6.45, 7) is 1.86. The van der Waals surface area contributed by atoms with Crippen molar-refractivity contribution in [2.75, 3.05) is 12.8 Å². The van der Waals surface area contributed by atoms with Crippen molar-refractivity contribution in [1.29, 1.82) is 0 Å². The zero-order valence-electron chi connectivity index (χ0n) is 12.1. The van der Waals surface area contributed by atoms with E-state index in [0.29, 0.717) is 16.8 Å². The second-order valence-corrected chi connectivity index (χ2v) is 4.38. The summed E-state index contributed by atoms with van der Waals surface area (Å²) in [5, 5.41) is 2.51. The molecule has 0 aliphatic carbocycles. The minimum absolute atomic E-state index is 0.114. The second-order valence-electron chi connectivity index (χ2n) is 4.38. The van der Waals surface area contributed by atoms with Gasteiger partial charge in [0.15, 0.2) is 0 Å². The number of anilines is 1. The fraction of sp³-hybridized carbons (Fsp3) is 0.125. The average molecular weight is 285 g/mol. The number of carbonyl (C=O) groups excluding carboxylic acids is 2. The van der Waals surface area contributed by atoms with Crippen molar-refractivity contribution in [2.24, 2.45) is 5.73 Å². The van der Waals surface area contributed by atoms with Crippen LogP contribution in [-0.4, -0.2) is 18.9 Å². The molecule has 0 fully saturated rings. The van der Waals surface area contributed by atoms with Gasteiger partial charge in [-0.2, -0.15) is 0 Å². The van der Waals surface area contributed by atoms with E-state index in [1.807, 2.05) is 19.1 Å². The number of aryl methyl sites for hydroxylation is 1. The van der Waals surface area contributed by atoms with Gasteiger partial charge in [0.1, 0.15) is 0 Å². The molecule has 2 rings (SSSR count). The molecule has 5 nitrogen and oxygen atoms in total. The van der Waals surface area contributed by atoms with Crippen LogP contribution < -0.4 is 16.8 Å². The van der Waals surface area contributed by atoms with Crippen LogP contribution in [0.2, 0.25) is 0 Å². The fourth-order valence-electron chi connectivity index (χ4n) is 1.67. The van der Waals surface area contributed by atoms with Crippen molar-refractivity contribution in [2.45, 2.75) is 6.92 Å². The summed E-state index contributed by atoms with van der Waals surface area (Å²) in [6.07, 6.45) is 0. The summed E-state index contributed by atoms with van der Waals surface area (Å²) in [5.74, 6) is -0.476. The third-order valence-electron chi connectivity index (χ3n) is 2.79. The molecule has 0 atom stereocenters. The van der Waals surface area contributed by atoms with E-state index in [1.54, 1.807) is 43.4 Å². The highest BCUT2D eigenvalue weighted by Gasteiger charge is 2.01. The molecule has 0 saturated heterocycles. The van der Waals surface area contributed by atoms with E-state index in [0.717, 1.165) is 5.56 Å². The molecule has 0 aliphatic heterocycles. The van der Waals surface area contributed by atoms with Gasteiger partial charge in [0.05, 0.1) is 0 Å². The van der Waals surface area contributed by atoms with Gasteiger partial charge in [-0.15, -0.1) is 0 Å². The Bertz CT molecular complexity index is 639. The van der Waals surface area contributed by atoms with Gasteiger partial charge in [-0.3, -0.25) is 9.59 Å². The van der Waals surface area contributed by atoms with Crippen molar-refractivity contribution in [3.8, 4) is 0 Å². The monoisotopic (exact) mass is 285 g/mol. The molecule has 0 aromatic heterocycles. The molecule has 0 heterocycles. The van der Waals surface area contributed by atoms with E-state index in [-0.39, 0.29) is 11.8 Å². The molecule has 0 unspecified atom stereocenters. The molecule has 0 radical (unpaired) electrons. The van der Waals surface area contributed by atoms with Gasteiger partial charge in [-0.25, -0.2) is 0 Å². The lowest BCUT2D eigenvalue weighted by molar-refractivity contribution is 0.0961. The molecule has 2 aromatic rings. The highest BCUT2D eigenvalue weighted by molar-refractivity contribution is 5.95. The summed E-state index contributed by atoms with van der Waals surface area (Å²) in [6, 6.07) is 14.1. The number of nitrogen functional groups attached to an aromatic ring is 1. The van der Waals surface area contributed by atoms with Gasteiger partial charge in [-0.05, 0) is 36.8 Å². The Labute approximate surface area is 124 Å². The maximum Gasteiger partial charge on any atom is 0.251 e. The largest absolute Gasteiger partial charge is 0.399 e. The standard InChI is InChI=1S/C8H10N2O.C8H9NO/c1-10-8(11)6-3-2-4-7(9)5-6;1-6-4-2-3-5-7(6)8(9)10/h2-5H,9H2,1H3,(H,10,11);2-5H,1H3,(H2,9,10). The normalized spacial score (nSPS) is 9.24. The van der Waals surface area contributed by atoms with E-state index in [4.69, 9.17) is 11.5 Å². The maximum absolute atomic E-state index is 11.0. The number of benzene rings is 2. The van der Waals surface area contributed by atoms with Crippen LogP contribution >= 0.6 is 0 Å². The number of primary amides is 1. The van der Waals surface area contributed by atoms with Gasteiger partial charge >= 0.3 is 0 Å². The number of amides is 2. The van der Waals surface area contributed by atoms with Crippen LogP contribution in [0.1, 0.15) is 26.3 Å². The van der Waals surface area contributed by atoms with Gasteiger partial charge in [-0.1, -0.05) is 24.3 Å². The number of rotatable bonds is 2. The maximum atomic E-state index is 11.0. The summed E-state index contributed by atoms with van der Waals surface area (Å²) in [5.41, 5.74) is 13.3. The molecule has 5 heteroatoms. The smallest absolute Gasteiger partial charge is 0.251 e. The third kappa shape index (κ3) is 4.99. The molecule has 5 N–H and O–H groups in total. The molecular formula is C16H19N3O2. The number of hydrogen-bond donors (Lipinski definition) is 3. The van der Waals surface area contributed by atoms with Crippen LogP contribution in [0.4, 0.5) is 5.69 Å². The lowest BCUT2D eigenvalue weighted by Crippen LogP contribution is -2.17.